The summed E-state index contributed by atoms with van der Waals surface area (Å²) in [6, 6.07) is 10.7. The van der Waals surface area contributed by atoms with Crippen LogP contribution in [0.4, 0.5) is 0 Å². The number of para-hydroxylation sites is 2. The molecule has 1 N–H and O–H groups in total. The van der Waals surface area contributed by atoms with Crippen molar-refractivity contribution in [1.82, 2.24) is 5.06 Å². The van der Waals surface area contributed by atoms with Gasteiger partial charge in [-0.3, -0.25) is 10.2 Å². The van der Waals surface area contributed by atoms with Crippen LogP contribution in [-0.4, -0.2) is 50.1 Å². The Labute approximate surface area is 207 Å². The highest BCUT2D eigenvalue weighted by Gasteiger charge is 2.34. The number of nitrogens with one attached hydrogen (secondary N) is 1. The number of benzene rings is 2. The molecule has 182 valence electrons. The van der Waals surface area contributed by atoms with Crippen LogP contribution in [0.2, 0.25) is 5.02 Å². The normalized spacial score (nSPS) is 15.9. The summed E-state index contributed by atoms with van der Waals surface area (Å²) in [5.41, 5.74) is 0.617. The highest BCUT2D eigenvalue weighted by atomic mass is 35.5. The molecule has 2 aromatic rings. The number of amides is 1. The van der Waals surface area contributed by atoms with Gasteiger partial charge in [0, 0.05) is 12.5 Å². The molecule has 2 aromatic carbocycles. The lowest BCUT2D eigenvalue weighted by molar-refractivity contribution is -0.114. The lowest BCUT2D eigenvalue weighted by Gasteiger charge is -2.23. The van der Waals surface area contributed by atoms with Gasteiger partial charge in [0.2, 0.25) is 0 Å². The number of allylic oxidation sites excluding steroid dienone is 1. The maximum absolute atomic E-state index is 12.5. The van der Waals surface area contributed by atoms with Crippen molar-refractivity contribution in [2.45, 2.75) is 13.3 Å². The molecule has 2 heterocycles. The van der Waals surface area contributed by atoms with E-state index in [1.807, 2.05) is 24.3 Å². The van der Waals surface area contributed by atoms with Gasteiger partial charge in [-0.05, 0) is 42.8 Å². The highest BCUT2D eigenvalue weighted by molar-refractivity contribution is 6.33. The van der Waals surface area contributed by atoms with Crippen LogP contribution >= 0.6 is 11.6 Å². The third-order valence-electron chi connectivity index (χ3n) is 5.10. The number of halogens is 1. The van der Waals surface area contributed by atoms with Crippen molar-refractivity contribution in [3.8, 4) is 23.0 Å². The summed E-state index contributed by atoms with van der Waals surface area (Å²) >= 11 is 6.47. The van der Waals surface area contributed by atoms with Gasteiger partial charge in [0.25, 0.3) is 5.91 Å². The van der Waals surface area contributed by atoms with E-state index in [-0.39, 0.29) is 17.2 Å². The summed E-state index contributed by atoms with van der Waals surface area (Å²) < 4.78 is 22.3. The topological polar surface area (TPSA) is 103 Å². The first-order chi connectivity index (χ1) is 16.9. The molecule has 0 unspecified atom stereocenters. The molecule has 0 atom stereocenters. The minimum atomic E-state index is -0.540. The molecular weight excluding hydrogens is 474 g/mol. The fourth-order valence-electron chi connectivity index (χ4n) is 3.48. The number of ether oxygens (including phenoxy) is 4. The number of hydroxylamine groups is 2. The molecule has 10 heteroatoms. The summed E-state index contributed by atoms with van der Waals surface area (Å²) in [5, 5.41) is 9.85. The second-order valence-corrected chi connectivity index (χ2v) is 7.97. The van der Waals surface area contributed by atoms with Crippen LogP contribution in [0.3, 0.4) is 0 Å². The number of carbonyl (C=O) groups excluding carboxylic acids is 1. The molecule has 0 radical (unpaired) electrons. The van der Waals surface area contributed by atoms with Gasteiger partial charge in [-0.15, -0.1) is 5.06 Å². The van der Waals surface area contributed by atoms with E-state index in [4.69, 9.17) is 40.8 Å². The Kier molecular flexibility index (Phi) is 7.26. The van der Waals surface area contributed by atoms with Crippen molar-refractivity contribution in [1.29, 1.82) is 5.41 Å². The molecule has 9 nitrogen and oxygen atoms in total. The van der Waals surface area contributed by atoms with Crippen molar-refractivity contribution >= 4 is 35.3 Å². The van der Waals surface area contributed by atoms with E-state index in [0.717, 1.165) is 0 Å². The van der Waals surface area contributed by atoms with E-state index in [1.165, 1.54) is 18.2 Å². The van der Waals surface area contributed by atoms with Gasteiger partial charge in [0.05, 0.1) is 38.0 Å². The van der Waals surface area contributed by atoms with Crippen LogP contribution in [0.5, 0.6) is 23.0 Å². The van der Waals surface area contributed by atoms with E-state index < -0.39 is 5.91 Å². The fraction of sp³-hybridized carbons (Fsp3) is 0.240. The predicted molar refractivity (Wildman–Crippen MR) is 131 cm³/mol. The molecule has 4 rings (SSSR count). The molecule has 0 spiro atoms. The second-order valence-electron chi connectivity index (χ2n) is 7.56. The number of rotatable bonds is 9. The number of aliphatic imine (C=N–C) groups is 1. The third kappa shape index (κ3) is 5.25. The van der Waals surface area contributed by atoms with Gasteiger partial charge in [-0.2, -0.15) is 4.99 Å². The average Bonchev–Trinajstić information content (AvgIpc) is 3.22. The number of carbonyl (C=O) groups is 1. The second kappa shape index (κ2) is 10.5. The summed E-state index contributed by atoms with van der Waals surface area (Å²) in [4.78, 5) is 21.9. The molecular formula is C25H24ClN3O6. The maximum atomic E-state index is 12.5. The number of hydrogen-bond donors (Lipinski definition) is 1. The zero-order valence-corrected chi connectivity index (χ0v) is 20.2. The van der Waals surface area contributed by atoms with Gasteiger partial charge in [0.1, 0.15) is 5.76 Å². The van der Waals surface area contributed by atoms with Crippen LogP contribution < -0.4 is 18.9 Å². The fourth-order valence-corrected chi connectivity index (χ4v) is 3.76. The molecule has 2 aliphatic rings. The van der Waals surface area contributed by atoms with Crippen molar-refractivity contribution in [2.24, 2.45) is 4.99 Å². The van der Waals surface area contributed by atoms with Crippen molar-refractivity contribution in [3.63, 3.8) is 0 Å². The molecule has 0 saturated carbocycles. The Morgan fingerprint density at radius 2 is 1.80 bits per heavy atom. The van der Waals surface area contributed by atoms with Crippen LogP contribution in [0, 0.1) is 5.41 Å². The Hall–Kier alpha value is -3.98. The standard InChI is InChI=1S/C25H24ClN3O6/c1-15-11-22-28-25(30)17(24(27)29(22)35-15)12-16-13-18(26)23(21(14-16)32-3)34-10-6-9-33-20-8-5-4-7-19(20)31-2/h4-5,7-8,11-14,27H,6,9-10H2,1-3H3/b17-12+,27-24?. The first-order valence-corrected chi connectivity index (χ1v) is 11.1. The number of methoxy groups -OCH3 is 2. The number of amidine groups is 2. The zero-order chi connectivity index (χ0) is 24.9. The maximum Gasteiger partial charge on any atom is 0.282 e. The monoisotopic (exact) mass is 497 g/mol. The van der Waals surface area contributed by atoms with Crippen LogP contribution in [0.15, 0.2) is 58.8 Å². The van der Waals surface area contributed by atoms with Crippen molar-refractivity contribution < 1.29 is 28.6 Å². The Balaban J connectivity index is 1.42. The van der Waals surface area contributed by atoms with Crippen molar-refractivity contribution in [2.75, 3.05) is 27.4 Å². The van der Waals surface area contributed by atoms with E-state index in [2.05, 4.69) is 4.99 Å². The number of hydrogen-bond acceptors (Lipinski definition) is 7. The highest BCUT2D eigenvalue weighted by Crippen LogP contribution is 2.37. The summed E-state index contributed by atoms with van der Waals surface area (Å²) in [5.74, 6) is 2.26. The molecule has 1 amide bonds. The smallest absolute Gasteiger partial charge is 0.282 e. The van der Waals surface area contributed by atoms with Crippen LogP contribution in [-0.2, 0) is 9.63 Å². The molecule has 35 heavy (non-hydrogen) atoms. The first-order valence-electron chi connectivity index (χ1n) is 10.8. The van der Waals surface area contributed by atoms with Gasteiger partial charge in [-0.25, -0.2) is 0 Å². The Morgan fingerprint density at radius 3 is 2.54 bits per heavy atom. The summed E-state index contributed by atoms with van der Waals surface area (Å²) in [7, 11) is 3.09. The molecule has 0 aliphatic carbocycles. The van der Waals surface area contributed by atoms with E-state index in [9.17, 15) is 4.79 Å². The van der Waals surface area contributed by atoms with Crippen LogP contribution in [0.25, 0.3) is 6.08 Å². The van der Waals surface area contributed by atoms with E-state index >= 15 is 0 Å². The van der Waals surface area contributed by atoms with Crippen molar-refractivity contribution in [3.05, 3.63) is 64.4 Å². The van der Waals surface area contributed by atoms with E-state index in [1.54, 1.807) is 32.2 Å². The summed E-state index contributed by atoms with van der Waals surface area (Å²) in [6.07, 6.45) is 3.70. The molecule has 0 saturated heterocycles. The van der Waals surface area contributed by atoms with Gasteiger partial charge < -0.3 is 23.8 Å². The molecule has 2 aliphatic heterocycles. The first kappa shape index (κ1) is 24.2. The average molecular weight is 498 g/mol. The Morgan fingerprint density at radius 1 is 1.09 bits per heavy atom. The molecule has 0 bridgehead atoms. The number of nitrogens with zero attached hydrogens (tertiary/aromatic N) is 2. The minimum Gasteiger partial charge on any atom is -0.493 e. The predicted octanol–water partition coefficient (Wildman–Crippen LogP) is 4.66. The molecule has 0 fully saturated rings. The minimum absolute atomic E-state index is 0.0668. The quantitative estimate of drug-likeness (QED) is 0.397. The van der Waals surface area contributed by atoms with Gasteiger partial charge >= 0.3 is 0 Å². The lowest BCUT2D eigenvalue weighted by Crippen LogP contribution is -2.38. The lowest BCUT2D eigenvalue weighted by atomic mass is 10.1. The van der Waals surface area contributed by atoms with Gasteiger partial charge in [0.15, 0.2) is 34.7 Å². The summed E-state index contributed by atoms with van der Waals surface area (Å²) in [6.45, 7) is 2.48. The van der Waals surface area contributed by atoms with Gasteiger partial charge in [-0.1, -0.05) is 23.7 Å². The van der Waals surface area contributed by atoms with E-state index in [0.29, 0.717) is 59.0 Å². The zero-order valence-electron chi connectivity index (χ0n) is 19.5. The number of fused-ring (bicyclic) bond motifs is 1. The molecule has 0 aromatic heterocycles. The SMILES string of the molecule is COc1ccccc1OCCCOc1c(Cl)cc(/C=C2\C(=N)N3OC(C)=CC3=NC2=O)cc1OC. The van der Waals surface area contributed by atoms with Crippen LogP contribution in [0.1, 0.15) is 18.9 Å². The largest absolute Gasteiger partial charge is 0.493 e. The Bertz CT molecular complexity index is 1250. The third-order valence-corrected chi connectivity index (χ3v) is 5.39.